The molecule has 4 heteroatoms. The van der Waals surface area contributed by atoms with Gasteiger partial charge in [0.2, 0.25) is 0 Å². The summed E-state index contributed by atoms with van der Waals surface area (Å²) in [4.78, 5) is 0. The van der Waals surface area contributed by atoms with Crippen LogP contribution in [0.1, 0.15) is 79.0 Å². The van der Waals surface area contributed by atoms with Gasteiger partial charge in [-0.1, -0.05) is 74.4 Å². The third-order valence-corrected chi connectivity index (χ3v) is 11.4. The highest BCUT2D eigenvalue weighted by molar-refractivity contribution is 9.10. The molecule has 3 nitrogen and oxygen atoms in total. The Morgan fingerprint density at radius 2 is 0.894 bits per heavy atom. The second-order valence-corrected chi connectivity index (χ2v) is 17.7. The molecule has 0 aliphatic heterocycles. The van der Waals surface area contributed by atoms with Gasteiger partial charge in [0.25, 0.3) is 0 Å². The van der Waals surface area contributed by atoms with Crippen LogP contribution in [0.4, 0.5) is 0 Å². The minimum Gasteiger partial charge on any atom is -0.495 e. The van der Waals surface area contributed by atoms with Crippen LogP contribution in [0.15, 0.2) is 71.2 Å². The summed E-state index contributed by atoms with van der Waals surface area (Å²) in [6.07, 6.45) is 0. The Morgan fingerprint density at radius 1 is 0.468 bits per heavy atom. The minimum atomic E-state index is 0.0207. The van der Waals surface area contributed by atoms with Gasteiger partial charge in [-0.3, -0.25) is 0 Å². The number of nitrogens with zero attached hydrogens (tertiary/aromatic N) is 2. The monoisotopic (exact) mass is 680 g/mol. The normalized spacial score (nSPS) is 13.9. The smallest absolute Gasteiger partial charge is 0.143 e. The van der Waals surface area contributed by atoms with Gasteiger partial charge in [0.1, 0.15) is 5.75 Å². The van der Waals surface area contributed by atoms with Crippen LogP contribution in [0, 0.1) is 0 Å². The lowest BCUT2D eigenvalue weighted by Crippen LogP contribution is -2.11. The van der Waals surface area contributed by atoms with Gasteiger partial charge in [-0.2, -0.15) is 0 Å². The van der Waals surface area contributed by atoms with Gasteiger partial charge in [0.15, 0.2) is 0 Å². The van der Waals surface area contributed by atoms with Crippen molar-refractivity contribution < 1.29 is 4.74 Å². The largest absolute Gasteiger partial charge is 0.495 e. The van der Waals surface area contributed by atoms with Crippen molar-refractivity contribution in [3.8, 4) is 5.75 Å². The van der Waals surface area contributed by atoms with E-state index in [9.17, 15) is 0 Å². The lowest BCUT2D eigenvalue weighted by Gasteiger charge is -2.20. The number of hydrogen-bond donors (Lipinski definition) is 0. The van der Waals surface area contributed by atoms with Crippen LogP contribution < -0.4 is 4.74 Å². The van der Waals surface area contributed by atoms with Crippen molar-refractivity contribution in [2.24, 2.45) is 0 Å². The molecule has 0 aliphatic rings. The van der Waals surface area contributed by atoms with Crippen molar-refractivity contribution in [1.82, 2.24) is 8.80 Å². The number of halogens is 1. The maximum atomic E-state index is 6.10. The summed E-state index contributed by atoms with van der Waals surface area (Å²) >= 11 is 3.92. The number of rotatable bonds is 1. The average Bonchev–Trinajstić information content (AvgIpc) is 3.70. The van der Waals surface area contributed by atoms with E-state index in [0.29, 0.717) is 0 Å². The number of hydrogen-bond acceptors (Lipinski definition) is 1. The molecule has 0 amide bonds. The van der Waals surface area contributed by atoms with E-state index in [1.807, 2.05) is 0 Å². The summed E-state index contributed by atoms with van der Waals surface area (Å²) in [6, 6.07) is 26.2. The lowest BCUT2D eigenvalue weighted by molar-refractivity contribution is 0.417. The van der Waals surface area contributed by atoms with Crippen LogP contribution in [0.5, 0.6) is 5.75 Å². The molecule has 0 fully saturated rings. The molecule has 9 aromatic rings. The molecule has 0 saturated carbocycles. The Morgan fingerprint density at radius 3 is 1.40 bits per heavy atom. The summed E-state index contributed by atoms with van der Waals surface area (Å²) in [5.74, 6) is 0.895. The van der Waals surface area contributed by atoms with E-state index in [0.717, 1.165) is 10.2 Å². The highest BCUT2D eigenvalue weighted by Crippen LogP contribution is 2.50. The van der Waals surface area contributed by atoms with Crippen molar-refractivity contribution in [2.45, 2.75) is 78.6 Å². The van der Waals surface area contributed by atoms with Crippen molar-refractivity contribution >= 4 is 92.1 Å². The molecule has 0 radical (unpaired) electrons. The Bertz CT molecular complexity index is 2770. The fourth-order valence-electron chi connectivity index (χ4n) is 8.16. The summed E-state index contributed by atoms with van der Waals surface area (Å²) in [6.45, 7) is 20.8. The summed E-state index contributed by atoms with van der Waals surface area (Å²) < 4.78 is 12.1. The standard InChI is InChI=1S/C43H41BrN2O/c1-41(2,3)22-11-13-33-25(15-22)28-17-24(43(7,8)9)18-29-26-20-36-27(21-35(26)45(33)38(28)29)30-19-32(44)40(47-10)37-31-16-23(42(4,5)6)12-14-34(31)46(36)39(30)37/h11-21H,1-10H3. The van der Waals surface area contributed by atoms with Crippen molar-refractivity contribution in [3.63, 3.8) is 0 Å². The number of fused-ring (bicyclic) bond motifs is 12. The molecule has 5 aromatic carbocycles. The first-order valence-electron chi connectivity index (χ1n) is 16.8. The van der Waals surface area contributed by atoms with E-state index in [-0.39, 0.29) is 16.2 Å². The van der Waals surface area contributed by atoms with Gasteiger partial charge >= 0.3 is 0 Å². The molecule has 9 rings (SSSR count). The Balaban J connectivity index is 1.51. The third-order valence-electron chi connectivity index (χ3n) is 10.8. The van der Waals surface area contributed by atoms with Crippen LogP contribution in [-0.2, 0) is 16.2 Å². The van der Waals surface area contributed by atoms with E-state index in [2.05, 4.69) is 154 Å². The molecule has 4 heterocycles. The second-order valence-electron chi connectivity index (χ2n) is 16.9. The van der Waals surface area contributed by atoms with Crippen molar-refractivity contribution in [2.75, 3.05) is 7.11 Å². The maximum Gasteiger partial charge on any atom is 0.143 e. The Hall–Kier alpha value is -4.02. The first kappa shape index (κ1) is 29.1. The first-order valence-corrected chi connectivity index (χ1v) is 17.5. The van der Waals surface area contributed by atoms with Gasteiger partial charge in [0.05, 0.1) is 50.1 Å². The SMILES string of the molecule is COc1c(Br)cc2c3cc4c(cc3n3c5ccc(C(C)(C)C)cc5c1c23)c1cc(C(C)(C)C)cc2c3cc(C(C)(C)C)ccc3n4c21. The number of aromatic nitrogens is 2. The van der Waals surface area contributed by atoms with Gasteiger partial charge in [-0.25, -0.2) is 0 Å². The summed E-state index contributed by atoms with van der Waals surface area (Å²) in [5, 5.41) is 10.2. The fourth-order valence-corrected chi connectivity index (χ4v) is 8.75. The Kier molecular flexibility index (Phi) is 5.52. The highest BCUT2D eigenvalue weighted by Gasteiger charge is 2.28. The van der Waals surface area contributed by atoms with Gasteiger partial charge in [0, 0.05) is 37.7 Å². The molecule has 0 aliphatic carbocycles. The molecular formula is C43H41BrN2O. The van der Waals surface area contributed by atoms with Crippen LogP contribution in [0.25, 0.3) is 76.2 Å². The predicted molar refractivity (Wildman–Crippen MR) is 206 cm³/mol. The van der Waals surface area contributed by atoms with Crippen molar-refractivity contribution in [1.29, 1.82) is 0 Å². The van der Waals surface area contributed by atoms with E-state index in [1.165, 1.54) is 92.9 Å². The van der Waals surface area contributed by atoms with Crippen molar-refractivity contribution in [3.05, 3.63) is 87.9 Å². The van der Waals surface area contributed by atoms with Crippen LogP contribution in [-0.4, -0.2) is 15.9 Å². The highest BCUT2D eigenvalue weighted by atomic mass is 79.9. The van der Waals surface area contributed by atoms with E-state index < -0.39 is 0 Å². The van der Waals surface area contributed by atoms with E-state index >= 15 is 0 Å². The molecule has 236 valence electrons. The number of ether oxygens (including phenoxy) is 1. The topological polar surface area (TPSA) is 18.1 Å². The predicted octanol–water partition coefficient (Wildman–Crippen LogP) is 12.7. The molecule has 0 spiro atoms. The molecule has 4 aromatic heterocycles. The third kappa shape index (κ3) is 3.74. The quantitative estimate of drug-likeness (QED) is 0.169. The van der Waals surface area contributed by atoms with Gasteiger partial charge in [-0.15, -0.1) is 0 Å². The van der Waals surface area contributed by atoms with Gasteiger partial charge in [-0.05, 0) is 103 Å². The fraction of sp³-hybridized carbons (Fsp3) is 0.302. The minimum absolute atomic E-state index is 0.0207. The average molecular weight is 682 g/mol. The number of methoxy groups -OCH3 is 1. The zero-order chi connectivity index (χ0) is 33.1. The molecular weight excluding hydrogens is 640 g/mol. The Labute approximate surface area is 283 Å². The zero-order valence-corrected chi connectivity index (χ0v) is 30.6. The van der Waals surface area contributed by atoms with Gasteiger partial charge < -0.3 is 13.5 Å². The molecule has 0 saturated heterocycles. The second kappa shape index (κ2) is 8.90. The molecule has 47 heavy (non-hydrogen) atoms. The molecule has 0 atom stereocenters. The summed E-state index contributed by atoms with van der Waals surface area (Å²) in [5.41, 5.74) is 11.7. The molecule has 0 N–H and O–H groups in total. The summed E-state index contributed by atoms with van der Waals surface area (Å²) in [7, 11) is 1.78. The first-order chi connectivity index (χ1) is 22.1. The van der Waals surface area contributed by atoms with Crippen LogP contribution >= 0.6 is 15.9 Å². The molecule has 0 unspecified atom stereocenters. The van der Waals surface area contributed by atoms with Crippen LogP contribution in [0.2, 0.25) is 0 Å². The lowest BCUT2D eigenvalue weighted by atomic mass is 9.84. The molecule has 0 bridgehead atoms. The zero-order valence-electron chi connectivity index (χ0n) is 29.0. The van der Waals surface area contributed by atoms with E-state index in [1.54, 1.807) is 7.11 Å². The maximum absolute atomic E-state index is 6.10. The number of benzene rings is 5. The van der Waals surface area contributed by atoms with Crippen LogP contribution in [0.3, 0.4) is 0 Å². The van der Waals surface area contributed by atoms with E-state index in [4.69, 9.17) is 4.74 Å².